The van der Waals surface area contributed by atoms with Crippen LogP contribution in [0.4, 0.5) is 0 Å². The number of methoxy groups -OCH3 is 1. The first-order valence-electron chi connectivity index (χ1n) is 12.7. The summed E-state index contributed by atoms with van der Waals surface area (Å²) in [6.07, 6.45) is 7.34. The van der Waals surface area contributed by atoms with Crippen molar-refractivity contribution in [1.29, 1.82) is 0 Å². The third kappa shape index (κ3) is 9.33. The molecule has 0 radical (unpaired) electrons. The van der Waals surface area contributed by atoms with E-state index in [9.17, 15) is 18.3 Å². The molecule has 39 heavy (non-hydrogen) atoms. The average Bonchev–Trinajstić information content (AvgIpc) is 2.92. The van der Waals surface area contributed by atoms with E-state index in [1.807, 2.05) is 67.6 Å². The molecule has 0 saturated heterocycles. The van der Waals surface area contributed by atoms with Crippen molar-refractivity contribution >= 4 is 28.2 Å². The molecule has 0 fully saturated rings. The zero-order chi connectivity index (χ0) is 28.3. The van der Waals surface area contributed by atoms with Crippen LogP contribution in [-0.2, 0) is 27.9 Å². The predicted octanol–water partition coefficient (Wildman–Crippen LogP) is 6.53. The van der Waals surface area contributed by atoms with Crippen LogP contribution in [-0.4, -0.2) is 32.4 Å². The van der Waals surface area contributed by atoms with Gasteiger partial charge in [-0.1, -0.05) is 74.0 Å². The summed E-state index contributed by atoms with van der Waals surface area (Å²) >= 11 is 0. The Labute approximate surface area is 230 Å². The minimum absolute atomic E-state index is 0.0454. The summed E-state index contributed by atoms with van der Waals surface area (Å²) in [6.45, 7) is 3.83. The number of rotatable bonds is 14. The minimum Gasteiger partial charge on any atom is -0.493 e. The number of allylic oxidation sites excluding steroid dienone is 1. The second kappa shape index (κ2) is 14.2. The van der Waals surface area contributed by atoms with Gasteiger partial charge in [-0.15, -0.1) is 0 Å². The summed E-state index contributed by atoms with van der Waals surface area (Å²) in [4.78, 5) is 11.3. The van der Waals surface area contributed by atoms with E-state index in [0.29, 0.717) is 30.9 Å². The molecular weight excluding hydrogens is 516 g/mol. The number of hydrogen-bond acceptors (Lipinski definition) is 6. The van der Waals surface area contributed by atoms with E-state index < -0.39 is 16.1 Å². The van der Waals surface area contributed by atoms with Crippen LogP contribution in [0.15, 0.2) is 78.4 Å². The molecular formula is C31H34O7S. The standard InChI is InChI=1S/C31H34O7S/c1-4-5-18-39(34,35)38-28-17-15-24(20-30(28)36-3)12-9-13-27-16-14-26(19-23(2)31(32)33)21-29(27)37-22-25-10-7-6-8-11-25/h6-11,13-17,19-21H,4-5,12,18,22H2,1-3H3,(H,32,33)/b13-9+,23-19+. The van der Waals surface area contributed by atoms with Crippen LogP contribution in [0.2, 0.25) is 0 Å². The highest BCUT2D eigenvalue weighted by atomic mass is 32.2. The van der Waals surface area contributed by atoms with Crippen molar-refractivity contribution < 1.29 is 32.0 Å². The van der Waals surface area contributed by atoms with Crippen molar-refractivity contribution in [3.8, 4) is 17.2 Å². The molecule has 0 atom stereocenters. The Balaban J connectivity index is 1.79. The van der Waals surface area contributed by atoms with Crippen LogP contribution in [0.1, 0.15) is 48.9 Å². The first kappa shape index (κ1) is 29.5. The zero-order valence-corrected chi connectivity index (χ0v) is 23.2. The number of carboxylic acids is 1. The number of unbranched alkanes of at least 4 members (excludes halogenated alkanes) is 1. The smallest absolute Gasteiger partial charge is 0.331 e. The molecule has 0 bridgehead atoms. The van der Waals surface area contributed by atoms with Crippen molar-refractivity contribution in [3.63, 3.8) is 0 Å². The fraction of sp³-hybridized carbons (Fsp3) is 0.258. The van der Waals surface area contributed by atoms with Gasteiger partial charge in [0.25, 0.3) is 0 Å². The lowest BCUT2D eigenvalue weighted by atomic mass is 10.1. The molecule has 8 heteroatoms. The SMILES string of the molecule is CCCCS(=O)(=O)Oc1ccc(C/C=C/c2ccc(/C=C(\C)C(=O)O)cc2OCc2ccccc2)cc1OC. The van der Waals surface area contributed by atoms with E-state index in [-0.39, 0.29) is 17.1 Å². The summed E-state index contributed by atoms with van der Waals surface area (Å²) in [5.74, 6) is 0.115. The van der Waals surface area contributed by atoms with Gasteiger partial charge in [0.15, 0.2) is 11.5 Å². The number of aliphatic carboxylic acids is 1. The predicted molar refractivity (Wildman–Crippen MR) is 154 cm³/mol. The first-order valence-corrected chi connectivity index (χ1v) is 14.3. The number of benzene rings is 3. The molecule has 0 aliphatic heterocycles. The van der Waals surface area contributed by atoms with E-state index in [2.05, 4.69) is 0 Å². The molecule has 0 aromatic heterocycles. The van der Waals surface area contributed by atoms with Crippen LogP contribution in [0, 0.1) is 0 Å². The lowest BCUT2D eigenvalue weighted by Crippen LogP contribution is -2.14. The fourth-order valence-corrected chi connectivity index (χ4v) is 4.82. The lowest BCUT2D eigenvalue weighted by molar-refractivity contribution is -0.132. The largest absolute Gasteiger partial charge is 0.493 e. The Morgan fingerprint density at radius 2 is 1.72 bits per heavy atom. The average molecular weight is 551 g/mol. The van der Waals surface area contributed by atoms with Crippen molar-refractivity contribution in [3.05, 3.63) is 101 Å². The third-order valence-electron chi connectivity index (χ3n) is 5.84. The van der Waals surface area contributed by atoms with Gasteiger partial charge in [-0.25, -0.2) is 4.79 Å². The highest BCUT2D eigenvalue weighted by Gasteiger charge is 2.16. The minimum atomic E-state index is -3.69. The maximum Gasteiger partial charge on any atom is 0.331 e. The number of ether oxygens (including phenoxy) is 2. The molecule has 0 aliphatic carbocycles. The molecule has 0 amide bonds. The molecule has 3 aromatic rings. The quantitative estimate of drug-likeness (QED) is 0.180. The van der Waals surface area contributed by atoms with E-state index in [1.165, 1.54) is 7.11 Å². The van der Waals surface area contributed by atoms with Crippen molar-refractivity contribution in [2.24, 2.45) is 0 Å². The van der Waals surface area contributed by atoms with E-state index in [0.717, 1.165) is 28.7 Å². The normalized spacial score (nSPS) is 11.9. The Morgan fingerprint density at radius 3 is 2.41 bits per heavy atom. The molecule has 0 spiro atoms. The third-order valence-corrected chi connectivity index (χ3v) is 7.06. The summed E-state index contributed by atoms with van der Waals surface area (Å²) < 4.78 is 41.1. The summed E-state index contributed by atoms with van der Waals surface area (Å²) in [5.41, 5.74) is 3.71. The lowest BCUT2D eigenvalue weighted by Gasteiger charge is -2.12. The van der Waals surface area contributed by atoms with Crippen LogP contribution < -0.4 is 13.7 Å². The molecule has 0 unspecified atom stereocenters. The van der Waals surface area contributed by atoms with Gasteiger partial charge >= 0.3 is 16.1 Å². The molecule has 0 heterocycles. The van der Waals surface area contributed by atoms with Crippen LogP contribution >= 0.6 is 0 Å². The van der Waals surface area contributed by atoms with Gasteiger partial charge in [0.05, 0.1) is 12.9 Å². The first-order chi connectivity index (χ1) is 18.7. The van der Waals surface area contributed by atoms with Gasteiger partial charge < -0.3 is 18.8 Å². The van der Waals surface area contributed by atoms with Gasteiger partial charge in [-0.3, -0.25) is 0 Å². The van der Waals surface area contributed by atoms with Gasteiger partial charge in [0.1, 0.15) is 12.4 Å². The molecule has 206 valence electrons. The van der Waals surface area contributed by atoms with Crippen LogP contribution in [0.3, 0.4) is 0 Å². The summed E-state index contributed by atoms with van der Waals surface area (Å²) in [7, 11) is -2.22. The maximum atomic E-state index is 12.2. The van der Waals surface area contributed by atoms with Crippen molar-refractivity contribution in [1.82, 2.24) is 0 Å². The molecule has 3 aromatic carbocycles. The van der Waals surface area contributed by atoms with Gasteiger partial charge in [-0.2, -0.15) is 8.42 Å². The zero-order valence-electron chi connectivity index (χ0n) is 22.4. The molecule has 1 N–H and O–H groups in total. The van der Waals surface area contributed by atoms with Gasteiger partial charge in [0.2, 0.25) is 0 Å². The van der Waals surface area contributed by atoms with Crippen molar-refractivity contribution in [2.75, 3.05) is 12.9 Å². The molecule has 3 rings (SSSR count). The molecule has 0 saturated carbocycles. The Morgan fingerprint density at radius 1 is 0.949 bits per heavy atom. The second-order valence-corrected chi connectivity index (χ2v) is 10.7. The molecule has 0 aliphatic rings. The number of hydrogen-bond donors (Lipinski definition) is 1. The fourth-order valence-electron chi connectivity index (χ4n) is 3.68. The topological polar surface area (TPSA) is 99.1 Å². The Hall–Kier alpha value is -4.04. The monoisotopic (exact) mass is 550 g/mol. The van der Waals surface area contributed by atoms with Crippen molar-refractivity contribution in [2.45, 2.75) is 39.7 Å². The second-order valence-electron chi connectivity index (χ2n) is 8.99. The van der Waals surface area contributed by atoms with Gasteiger partial charge in [-0.05, 0) is 60.7 Å². The maximum absolute atomic E-state index is 12.2. The highest BCUT2D eigenvalue weighted by Crippen LogP contribution is 2.30. The van der Waals surface area contributed by atoms with Crippen LogP contribution in [0.5, 0.6) is 17.2 Å². The number of carboxylic acid groups (broad SMARTS) is 1. The summed E-state index contributed by atoms with van der Waals surface area (Å²) in [6, 6.07) is 20.5. The van der Waals surface area contributed by atoms with E-state index >= 15 is 0 Å². The van der Waals surface area contributed by atoms with E-state index in [4.69, 9.17) is 13.7 Å². The number of carbonyl (C=O) groups is 1. The summed E-state index contributed by atoms with van der Waals surface area (Å²) in [5, 5.41) is 9.23. The van der Waals surface area contributed by atoms with Gasteiger partial charge in [0, 0.05) is 11.1 Å². The van der Waals surface area contributed by atoms with E-state index in [1.54, 1.807) is 31.2 Å². The molecule has 7 nitrogen and oxygen atoms in total. The van der Waals surface area contributed by atoms with Crippen LogP contribution in [0.25, 0.3) is 12.2 Å². The highest BCUT2D eigenvalue weighted by molar-refractivity contribution is 7.87. The Kier molecular flexibility index (Phi) is 10.8. The Bertz CT molecular complexity index is 1420.